The number of aryl methyl sites for hydroxylation is 2. The molecule has 1 aromatic rings. The molecule has 0 radical (unpaired) electrons. The maximum absolute atomic E-state index is 11.2. The molecule has 1 aromatic carbocycles. The van der Waals surface area contributed by atoms with Crippen molar-refractivity contribution >= 4 is 11.9 Å². The van der Waals surface area contributed by atoms with Crippen molar-refractivity contribution in [2.45, 2.75) is 78.7 Å². The number of fused-ring (bicyclic) bond motifs is 1. The first kappa shape index (κ1) is 22.7. The number of carboxylic acid groups (broad SMARTS) is 1. The third-order valence-corrected chi connectivity index (χ3v) is 5.35. The van der Waals surface area contributed by atoms with E-state index in [2.05, 4.69) is 19.9 Å². The molecule has 0 saturated carbocycles. The van der Waals surface area contributed by atoms with Crippen LogP contribution in [-0.2, 0) is 16.0 Å². The average molecular weight is 401 g/mol. The molecule has 1 heterocycles. The Bertz CT molecular complexity index is 834. The first-order valence-corrected chi connectivity index (χ1v) is 10.2. The van der Waals surface area contributed by atoms with Crippen molar-refractivity contribution in [3.05, 3.63) is 46.6 Å². The summed E-state index contributed by atoms with van der Waals surface area (Å²) < 4.78 is 11.6. The number of allylic oxidation sites excluding steroid dienone is 3. The van der Waals surface area contributed by atoms with Crippen LogP contribution in [0.5, 0.6) is 11.5 Å². The van der Waals surface area contributed by atoms with Crippen LogP contribution in [0.1, 0.15) is 70.9 Å². The van der Waals surface area contributed by atoms with Gasteiger partial charge in [-0.3, -0.25) is 4.79 Å². The molecule has 29 heavy (non-hydrogen) atoms. The molecular formula is C24H32O5. The Kier molecular flexibility index (Phi) is 7.66. The lowest BCUT2D eigenvalue weighted by atomic mass is 9.87. The van der Waals surface area contributed by atoms with Crippen molar-refractivity contribution < 1.29 is 24.2 Å². The lowest BCUT2D eigenvalue weighted by Gasteiger charge is -2.37. The Labute approximate surface area is 173 Å². The first-order valence-electron chi connectivity index (χ1n) is 10.2. The topological polar surface area (TPSA) is 72.8 Å². The van der Waals surface area contributed by atoms with Crippen molar-refractivity contribution in [1.29, 1.82) is 0 Å². The van der Waals surface area contributed by atoms with Crippen LogP contribution < -0.4 is 9.47 Å². The van der Waals surface area contributed by atoms with E-state index in [0.717, 1.165) is 55.4 Å². The Hall–Kier alpha value is -2.56. The summed E-state index contributed by atoms with van der Waals surface area (Å²) >= 11 is 0. The van der Waals surface area contributed by atoms with Gasteiger partial charge in [0.15, 0.2) is 0 Å². The number of rotatable bonds is 8. The zero-order valence-electron chi connectivity index (χ0n) is 18.1. The van der Waals surface area contributed by atoms with Crippen molar-refractivity contribution in [1.82, 2.24) is 0 Å². The minimum absolute atomic E-state index is 0.225. The number of carbonyl (C=O) groups excluding carboxylic acids is 1. The largest absolute Gasteiger partial charge is 0.487 e. The van der Waals surface area contributed by atoms with E-state index >= 15 is 0 Å². The second-order valence-electron chi connectivity index (χ2n) is 8.19. The normalized spacial score (nSPS) is 19.3. The van der Waals surface area contributed by atoms with Crippen LogP contribution in [0.4, 0.5) is 0 Å². The molecule has 0 bridgehead atoms. The Morgan fingerprint density at radius 2 is 1.93 bits per heavy atom. The third-order valence-electron chi connectivity index (χ3n) is 5.35. The van der Waals surface area contributed by atoms with Gasteiger partial charge in [0.25, 0.3) is 0 Å². The molecule has 0 aromatic heterocycles. The van der Waals surface area contributed by atoms with Gasteiger partial charge in [-0.05, 0) is 89.5 Å². The molecule has 158 valence electrons. The van der Waals surface area contributed by atoms with Gasteiger partial charge >= 0.3 is 11.9 Å². The van der Waals surface area contributed by atoms with E-state index in [0.29, 0.717) is 11.3 Å². The zero-order valence-corrected chi connectivity index (χ0v) is 18.1. The van der Waals surface area contributed by atoms with Crippen LogP contribution in [0.3, 0.4) is 0 Å². The summed E-state index contributed by atoms with van der Waals surface area (Å²) in [5.74, 6) is 0.308. The first-order chi connectivity index (χ1) is 13.6. The molecule has 1 atom stereocenters. The molecule has 5 nitrogen and oxygen atoms in total. The van der Waals surface area contributed by atoms with E-state index in [4.69, 9.17) is 14.6 Å². The molecule has 5 heteroatoms. The van der Waals surface area contributed by atoms with E-state index in [-0.39, 0.29) is 11.6 Å². The van der Waals surface area contributed by atoms with Crippen LogP contribution in [0, 0.1) is 6.92 Å². The highest BCUT2D eigenvalue weighted by Crippen LogP contribution is 2.40. The van der Waals surface area contributed by atoms with Gasteiger partial charge in [-0.2, -0.15) is 0 Å². The van der Waals surface area contributed by atoms with E-state index in [1.807, 2.05) is 19.1 Å². The fourth-order valence-electron chi connectivity index (χ4n) is 3.57. The predicted molar refractivity (Wildman–Crippen MR) is 113 cm³/mol. The van der Waals surface area contributed by atoms with Crippen LogP contribution in [0.15, 0.2) is 35.4 Å². The fraction of sp³-hybridized carbons (Fsp3) is 0.500. The average Bonchev–Trinajstić information content (AvgIpc) is 2.62. The number of carbonyl (C=O) groups is 2. The minimum Gasteiger partial charge on any atom is -0.487 e. The monoisotopic (exact) mass is 400 g/mol. The van der Waals surface area contributed by atoms with Crippen LogP contribution in [0.25, 0.3) is 0 Å². The second-order valence-corrected chi connectivity index (χ2v) is 8.19. The Morgan fingerprint density at radius 1 is 1.21 bits per heavy atom. The van der Waals surface area contributed by atoms with E-state index in [1.54, 1.807) is 13.0 Å². The highest BCUT2D eigenvalue weighted by Gasteiger charge is 2.32. The van der Waals surface area contributed by atoms with E-state index < -0.39 is 5.97 Å². The number of ether oxygens (including phenoxy) is 2. The SMILES string of the molecule is CC(=O)Oc1cc(C)c2c(c1)CCC(C)(CC/C=C(\C)CC/C=C(\C)C(=O)O)O2. The van der Waals surface area contributed by atoms with Crippen LogP contribution >= 0.6 is 0 Å². The molecule has 1 aliphatic rings. The third kappa shape index (κ3) is 6.77. The van der Waals surface area contributed by atoms with Gasteiger partial charge in [-0.1, -0.05) is 17.7 Å². The van der Waals surface area contributed by atoms with Crippen molar-refractivity contribution in [2.75, 3.05) is 0 Å². The summed E-state index contributed by atoms with van der Waals surface area (Å²) in [4.78, 5) is 22.0. The van der Waals surface area contributed by atoms with Crippen molar-refractivity contribution in [3.63, 3.8) is 0 Å². The number of benzene rings is 1. The smallest absolute Gasteiger partial charge is 0.330 e. The number of carboxylic acids is 1. The molecule has 2 rings (SSSR count). The quantitative estimate of drug-likeness (QED) is 0.268. The summed E-state index contributed by atoms with van der Waals surface area (Å²) in [6.45, 7) is 9.24. The van der Waals surface area contributed by atoms with E-state index in [1.165, 1.54) is 12.5 Å². The minimum atomic E-state index is -0.857. The van der Waals surface area contributed by atoms with Crippen LogP contribution in [0.2, 0.25) is 0 Å². The Balaban J connectivity index is 1.94. The van der Waals surface area contributed by atoms with Gasteiger partial charge in [-0.15, -0.1) is 0 Å². The number of aliphatic carboxylic acids is 1. The molecule has 1 N–H and O–H groups in total. The zero-order chi connectivity index (χ0) is 21.6. The maximum Gasteiger partial charge on any atom is 0.330 e. The van der Waals surface area contributed by atoms with Gasteiger partial charge in [-0.25, -0.2) is 4.79 Å². The summed E-state index contributed by atoms with van der Waals surface area (Å²) in [6.07, 6.45) is 9.25. The maximum atomic E-state index is 11.2. The molecule has 0 spiro atoms. The lowest BCUT2D eigenvalue weighted by molar-refractivity contribution is -0.133. The number of esters is 1. The van der Waals surface area contributed by atoms with Crippen LogP contribution in [-0.4, -0.2) is 22.6 Å². The van der Waals surface area contributed by atoms with Crippen molar-refractivity contribution in [3.8, 4) is 11.5 Å². The Morgan fingerprint density at radius 3 is 2.59 bits per heavy atom. The molecule has 0 amide bonds. The van der Waals surface area contributed by atoms with Gasteiger partial charge in [0, 0.05) is 12.5 Å². The van der Waals surface area contributed by atoms with Gasteiger partial charge in [0.05, 0.1) is 0 Å². The summed E-state index contributed by atoms with van der Waals surface area (Å²) in [5, 5.41) is 8.89. The second kappa shape index (κ2) is 9.77. The van der Waals surface area contributed by atoms with E-state index in [9.17, 15) is 9.59 Å². The fourth-order valence-corrected chi connectivity index (χ4v) is 3.57. The highest BCUT2D eigenvalue weighted by atomic mass is 16.5. The van der Waals surface area contributed by atoms with Crippen molar-refractivity contribution in [2.24, 2.45) is 0 Å². The summed E-state index contributed by atoms with van der Waals surface area (Å²) in [5.41, 5.74) is 3.51. The number of hydrogen-bond acceptors (Lipinski definition) is 4. The highest BCUT2D eigenvalue weighted by molar-refractivity contribution is 5.85. The lowest BCUT2D eigenvalue weighted by Crippen LogP contribution is -2.36. The summed E-state index contributed by atoms with van der Waals surface area (Å²) in [6, 6.07) is 3.75. The molecule has 0 fully saturated rings. The molecule has 1 unspecified atom stereocenters. The molecule has 1 aliphatic heterocycles. The summed E-state index contributed by atoms with van der Waals surface area (Å²) in [7, 11) is 0. The standard InChI is InChI=1S/C24H32O5/c1-16(8-6-10-17(2)23(26)27)9-7-12-24(5)13-11-20-15-21(28-19(4)25)14-18(3)22(20)29-24/h9-10,14-15H,6-8,11-13H2,1-5H3,(H,26,27)/b16-9+,17-10+. The molecular weight excluding hydrogens is 368 g/mol. The van der Waals surface area contributed by atoms with Gasteiger partial charge in [0.2, 0.25) is 0 Å². The predicted octanol–water partition coefficient (Wildman–Crippen LogP) is 5.54. The van der Waals surface area contributed by atoms with Gasteiger partial charge in [0.1, 0.15) is 17.1 Å². The van der Waals surface area contributed by atoms with Gasteiger partial charge < -0.3 is 14.6 Å². The molecule has 0 saturated heterocycles. The molecule has 0 aliphatic carbocycles. The number of hydrogen-bond donors (Lipinski definition) is 1.